The molecule has 1 saturated heterocycles. The van der Waals surface area contributed by atoms with Crippen LogP contribution in [0.5, 0.6) is 0 Å². The Morgan fingerprint density at radius 1 is 1.58 bits per heavy atom. The van der Waals surface area contributed by atoms with Crippen LogP contribution in [0.15, 0.2) is 6.07 Å². The largest absolute Gasteiger partial charge is 0.373 e. The van der Waals surface area contributed by atoms with Crippen molar-refractivity contribution in [3.05, 3.63) is 17.5 Å². The van der Waals surface area contributed by atoms with E-state index in [1.807, 2.05) is 31.9 Å². The van der Waals surface area contributed by atoms with Crippen LogP contribution in [0, 0.1) is 13.8 Å². The first-order valence-electron chi connectivity index (χ1n) is 6.65. The third kappa shape index (κ3) is 3.54. The summed E-state index contributed by atoms with van der Waals surface area (Å²) in [5.74, 6) is 0.107. The molecule has 1 N–H and O–H groups in total. The molecule has 6 nitrogen and oxygen atoms in total. The lowest BCUT2D eigenvalue weighted by molar-refractivity contribution is -0.139. The highest BCUT2D eigenvalue weighted by Gasteiger charge is 2.24. The second-order valence-corrected chi connectivity index (χ2v) is 4.97. The molecule has 1 unspecified atom stereocenters. The number of likely N-dealkylation sites (N-methyl/N-ethyl adjacent to an activating group) is 1. The molecule has 1 aromatic heterocycles. The van der Waals surface area contributed by atoms with Gasteiger partial charge in [-0.3, -0.25) is 9.48 Å². The van der Waals surface area contributed by atoms with Gasteiger partial charge in [-0.15, -0.1) is 0 Å². The topological polar surface area (TPSA) is 59.4 Å². The highest BCUT2D eigenvalue weighted by Crippen LogP contribution is 2.07. The standard InChI is InChI=1S/C13H22N4O2/c1-10-6-11(2)17(15-10)9-13(18)16-4-5-19-12(8-16)7-14-3/h6,12,14H,4-5,7-9H2,1-3H3. The van der Waals surface area contributed by atoms with Gasteiger partial charge in [0, 0.05) is 25.3 Å². The number of aromatic nitrogens is 2. The van der Waals surface area contributed by atoms with Gasteiger partial charge in [-0.2, -0.15) is 5.10 Å². The Morgan fingerprint density at radius 3 is 3.00 bits per heavy atom. The van der Waals surface area contributed by atoms with E-state index < -0.39 is 0 Å². The Kier molecular flexibility index (Phi) is 4.55. The number of ether oxygens (including phenoxy) is 1. The molecule has 1 amide bonds. The average Bonchev–Trinajstić information content (AvgIpc) is 2.68. The van der Waals surface area contributed by atoms with Crippen LogP contribution in [0.4, 0.5) is 0 Å². The molecule has 0 spiro atoms. The van der Waals surface area contributed by atoms with Crippen molar-refractivity contribution >= 4 is 5.91 Å². The van der Waals surface area contributed by atoms with Crippen LogP contribution < -0.4 is 5.32 Å². The smallest absolute Gasteiger partial charge is 0.244 e. The summed E-state index contributed by atoms with van der Waals surface area (Å²) in [7, 11) is 1.89. The molecule has 1 fully saturated rings. The lowest BCUT2D eigenvalue weighted by Crippen LogP contribution is -2.49. The van der Waals surface area contributed by atoms with Crippen LogP contribution in [0.1, 0.15) is 11.4 Å². The quantitative estimate of drug-likeness (QED) is 0.830. The van der Waals surface area contributed by atoms with E-state index in [0.29, 0.717) is 26.2 Å². The van der Waals surface area contributed by atoms with E-state index in [0.717, 1.165) is 17.9 Å². The Hall–Kier alpha value is -1.40. The van der Waals surface area contributed by atoms with E-state index in [1.165, 1.54) is 0 Å². The van der Waals surface area contributed by atoms with Gasteiger partial charge in [0.15, 0.2) is 0 Å². The van der Waals surface area contributed by atoms with E-state index >= 15 is 0 Å². The first-order valence-corrected chi connectivity index (χ1v) is 6.65. The number of aryl methyl sites for hydroxylation is 2. The summed E-state index contributed by atoms with van der Waals surface area (Å²) >= 11 is 0. The highest BCUT2D eigenvalue weighted by atomic mass is 16.5. The van der Waals surface area contributed by atoms with Crippen molar-refractivity contribution in [2.75, 3.05) is 33.3 Å². The molecular formula is C13H22N4O2. The van der Waals surface area contributed by atoms with Crippen molar-refractivity contribution in [1.82, 2.24) is 20.0 Å². The van der Waals surface area contributed by atoms with Crippen molar-refractivity contribution in [2.24, 2.45) is 0 Å². The molecule has 2 rings (SSSR count). The van der Waals surface area contributed by atoms with Gasteiger partial charge in [-0.25, -0.2) is 0 Å². The van der Waals surface area contributed by atoms with Crippen LogP contribution in [-0.4, -0.2) is 60.0 Å². The van der Waals surface area contributed by atoms with Gasteiger partial charge in [-0.05, 0) is 27.0 Å². The minimum absolute atomic E-state index is 0.0863. The molecule has 1 atom stereocenters. The Morgan fingerprint density at radius 2 is 2.37 bits per heavy atom. The second-order valence-electron chi connectivity index (χ2n) is 4.97. The van der Waals surface area contributed by atoms with Gasteiger partial charge in [0.1, 0.15) is 6.54 Å². The Labute approximate surface area is 113 Å². The predicted octanol–water partition coefficient (Wildman–Crippen LogP) is -0.0533. The van der Waals surface area contributed by atoms with E-state index in [4.69, 9.17) is 4.74 Å². The van der Waals surface area contributed by atoms with Crippen LogP contribution in [0.2, 0.25) is 0 Å². The second kappa shape index (κ2) is 6.16. The fourth-order valence-electron chi connectivity index (χ4n) is 2.36. The fraction of sp³-hybridized carbons (Fsp3) is 0.692. The van der Waals surface area contributed by atoms with Gasteiger partial charge < -0.3 is 15.0 Å². The van der Waals surface area contributed by atoms with Crippen molar-refractivity contribution in [1.29, 1.82) is 0 Å². The number of hydrogen-bond donors (Lipinski definition) is 1. The number of hydrogen-bond acceptors (Lipinski definition) is 4. The molecule has 19 heavy (non-hydrogen) atoms. The monoisotopic (exact) mass is 266 g/mol. The maximum absolute atomic E-state index is 12.3. The summed E-state index contributed by atoms with van der Waals surface area (Å²) in [4.78, 5) is 14.1. The first kappa shape index (κ1) is 14.0. The van der Waals surface area contributed by atoms with Gasteiger partial charge in [-0.1, -0.05) is 0 Å². The molecule has 0 radical (unpaired) electrons. The molecule has 6 heteroatoms. The van der Waals surface area contributed by atoms with E-state index in [2.05, 4.69) is 10.4 Å². The van der Waals surface area contributed by atoms with Crippen LogP contribution in [0.25, 0.3) is 0 Å². The summed E-state index contributed by atoms with van der Waals surface area (Å²) in [6, 6.07) is 1.98. The molecule has 106 valence electrons. The molecule has 0 saturated carbocycles. The van der Waals surface area contributed by atoms with Gasteiger partial charge in [0.05, 0.1) is 18.4 Å². The lowest BCUT2D eigenvalue weighted by atomic mass is 10.2. The zero-order valence-corrected chi connectivity index (χ0v) is 11.8. The third-order valence-corrected chi connectivity index (χ3v) is 3.31. The Balaban J connectivity index is 1.94. The average molecular weight is 266 g/mol. The molecule has 0 bridgehead atoms. The number of amides is 1. The Bertz CT molecular complexity index is 442. The lowest BCUT2D eigenvalue weighted by Gasteiger charge is -2.33. The number of nitrogens with one attached hydrogen (secondary N) is 1. The van der Waals surface area contributed by atoms with Gasteiger partial charge in [0.2, 0.25) is 5.91 Å². The maximum atomic E-state index is 12.3. The number of rotatable bonds is 4. The molecule has 1 aliphatic heterocycles. The van der Waals surface area contributed by atoms with Crippen molar-refractivity contribution < 1.29 is 9.53 Å². The molecule has 1 aromatic rings. The predicted molar refractivity (Wildman–Crippen MR) is 71.9 cm³/mol. The zero-order valence-electron chi connectivity index (χ0n) is 11.8. The summed E-state index contributed by atoms with van der Waals surface area (Å²) < 4.78 is 7.36. The van der Waals surface area contributed by atoms with E-state index in [9.17, 15) is 4.79 Å². The van der Waals surface area contributed by atoms with Gasteiger partial charge in [0.25, 0.3) is 0 Å². The van der Waals surface area contributed by atoms with Crippen molar-refractivity contribution in [2.45, 2.75) is 26.5 Å². The molecule has 0 aliphatic carbocycles. The fourth-order valence-corrected chi connectivity index (χ4v) is 2.36. The summed E-state index contributed by atoms with van der Waals surface area (Å²) in [6.45, 7) is 6.91. The molecule has 2 heterocycles. The van der Waals surface area contributed by atoms with Crippen molar-refractivity contribution in [3.63, 3.8) is 0 Å². The minimum atomic E-state index is 0.0863. The molecular weight excluding hydrogens is 244 g/mol. The third-order valence-electron chi connectivity index (χ3n) is 3.31. The molecule has 1 aliphatic rings. The number of morpholine rings is 1. The molecule has 0 aromatic carbocycles. The van der Waals surface area contributed by atoms with Crippen molar-refractivity contribution in [3.8, 4) is 0 Å². The summed E-state index contributed by atoms with van der Waals surface area (Å²) in [5, 5.41) is 7.40. The number of carbonyl (C=O) groups excluding carboxylic acids is 1. The van der Waals surface area contributed by atoms with E-state index in [1.54, 1.807) is 4.68 Å². The number of carbonyl (C=O) groups is 1. The van der Waals surface area contributed by atoms with Crippen LogP contribution in [-0.2, 0) is 16.1 Å². The van der Waals surface area contributed by atoms with E-state index in [-0.39, 0.29) is 12.0 Å². The zero-order chi connectivity index (χ0) is 13.8. The number of nitrogens with zero attached hydrogens (tertiary/aromatic N) is 3. The summed E-state index contributed by atoms with van der Waals surface area (Å²) in [5.41, 5.74) is 1.96. The highest BCUT2D eigenvalue weighted by molar-refractivity contribution is 5.76. The van der Waals surface area contributed by atoms with Gasteiger partial charge >= 0.3 is 0 Å². The SMILES string of the molecule is CNCC1CN(C(=O)Cn2nc(C)cc2C)CCO1. The normalized spacial score (nSPS) is 19.7. The maximum Gasteiger partial charge on any atom is 0.244 e. The van der Waals surface area contributed by atoms with Crippen LogP contribution >= 0.6 is 0 Å². The van der Waals surface area contributed by atoms with Crippen LogP contribution in [0.3, 0.4) is 0 Å². The first-order chi connectivity index (χ1) is 9.10. The minimum Gasteiger partial charge on any atom is -0.373 e. The summed E-state index contributed by atoms with van der Waals surface area (Å²) in [6.07, 6.45) is 0.0863.